The van der Waals surface area contributed by atoms with Crippen LogP contribution in [0.15, 0.2) is 79.0 Å². The fourth-order valence-electron chi connectivity index (χ4n) is 3.86. The molecule has 38 heavy (non-hydrogen) atoms. The van der Waals surface area contributed by atoms with Gasteiger partial charge in [-0.1, -0.05) is 54.6 Å². The summed E-state index contributed by atoms with van der Waals surface area (Å²) in [7, 11) is 0. The number of nitrogens with one attached hydrogen (secondary N) is 1. The number of esters is 1. The minimum Gasteiger partial charge on any atom is -0.473 e. The van der Waals surface area contributed by atoms with Crippen molar-refractivity contribution in [2.24, 2.45) is 5.92 Å². The lowest BCUT2D eigenvalue weighted by molar-refractivity contribution is -0.159. The van der Waals surface area contributed by atoms with Crippen LogP contribution in [0.4, 0.5) is 5.82 Å². The Labute approximate surface area is 221 Å². The molecule has 0 amide bonds. The molecule has 3 N–H and O–H groups in total. The third-order valence-corrected chi connectivity index (χ3v) is 6.84. The number of benzene rings is 2. The Kier molecular flexibility index (Phi) is 8.39. The maximum atomic E-state index is 13.6. The van der Waals surface area contributed by atoms with E-state index in [1.165, 1.54) is 0 Å². The summed E-state index contributed by atoms with van der Waals surface area (Å²) < 4.78 is 7.57. The molecule has 1 atom stereocenters. The monoisotopic (exact) mass is 533 g/mol. The number of ether oxygens (including phenoxy) is 1. The number of Topliss-reactive ketones (excluding diaryl/α,β-unsaturated/α-hetero) is 1. The van der Waals surface area contributed by atoms with Crippen molar-refractivity contribution in [3.63, 3.8) is 0 Å². The van der Waals surface area contributed by atoms with E-state index < -0.39 is 17.9 Å². The second kappa shape index (κ2) is 12.1. The summed E-state index contributed by atoms with van der Waals surface area (Å²) in [5.74, 6) is -3.02. The Morgan fingerprint density at radius 1 is 0.947 bits per heavy atom. The van der Waals surface area contributed by atoms with E-state index in [1.54, 1.807) is 18.1 Å². The van der Waals surface area contributed by atoms with E-state index >= 15 is 0 Å². The first kappa shape index (κ1) is 26.4. The normalized spacial score (nSPS) is 14.4. The van der Waals surface area contributed by atoms with Crippen molar-refractivity contribution >= 4 is 52.4 Å². The molecule has 0 aliphatic carbocycles. The van der Waals surface area contributed by atoms with Crippen molar-refractivity contribution in [1.82, 2.24) is 9.97 Å². The largest absolute Gasteiger partial charge is 0.473 e. The van der Waals surface area contributed by atoms with Crippen molar-refractivity contribution in [1.29, 1.82) is 0 Å². The number of H-pyrrole nitrogens is 1. The fraction of sp³-hybridized carbons (Fsp3) is 0.148. The molecule has 0 spiro atoms. The number of anilines is 1. The molecule has 0 radical (unpaired) electrons. The van der Waals surface area contributed by atoms with Crippen LogP contribution >= 0.6 is 11.9 Å². The first-order chi connectivity index (χ1) is 18.3. The van der Waals surface area contributed by atoms with Gasteiger partial charge in [-0.2, -0.15) is 0 Å². The lowest BCUT2D eigenvalue weighted by Crippen LogP contribution is -2.24. The van der Waals surface area contributed by atoms with Crippen LogP contribution in [0.1, 0.15) is 26.4 Å². The lowest BCUT2D eigenvalue weighted by atomic mass is 9.96. The highest BCUT2D eigenvalue weighted by Crippen LogP contribution is 2.34. The number of pyridine rings is 1. The molecule has 11 heteroatoms. The molecule has 0 bridgehead atoms. The topological polar surface area (TPSA) is 150 Å². The molecule has 4 aromatic rings. The summed E-state index contributed by atoms with van der Waals surface area (Å²) in [4.78, 5) is 52.3. The van der Waals surface area contributed by atoms with E-state index in [2.05, 4.69) is 9.97 Å². The van der Waals surface area contributed by atoms with Gasteiger partial charge in [-0.15, -0.1) is 0 Å². The number of carboxylic acids is 2. The Bertz CT molecular complexity index is 1450. The lowest BCUT2D eigenvalue weighted by Gasteiger charge is -2.15. The minimum atomic E-state index is -1.82. The van der Waals surface area contributed by atoms with Gasteiger partial charge < -0.3 is 19.9 Å². The zero-order valence-corrected chi connectivity index (χ0v) is 20.8. The molecule has 2 aromatic heterocycles. The number of carbonyl (C=O) groups is 4. The first-order valence-corrected chi connectivity index (χ1v) is 12.4. The summed E-state index contributed by atoms with van der Waals surface area (Å²) >= 11 is 1.58. The van der Waals surface area contributed by atoms with Crippen molar-refractivity contribution in [3.8, 4) is 0 Å². The van der Waals surface area contributed by atoms with Gasteiger partial charge >= 0.3 is 17.9 Å². The fourth-order valence-corrected chi connectivity index (χ4v) is 5.00. The van der Waals surface area contributed by atoms with E-state index in [0.29, 0.717) is 17.9 Å². The van der Waals surface area contributed by atoms with Gasteiger partial charge in [0, 0.05) is 29.4 Å². The number of hydrogen-bond donors (Lipinski definition) is 3. The molecule has 10 nitrogen and oxygen atoms in total. The van der Waals surface area contributed by atoms with Crippen LogP contribution in [-0.2, 0) is 20.9 Å². The number of carboxylic acid groups (broad SMARTS) is 2. The molecule has 3 heterocycles. The molecule has 1 fully saturated rings. The molecular weight excluding hydrogens is 510 g/mol. The number of fused-ring (bicyclic) bond motifs is 1. The van der Waals surface area contributed by atoms with Crippen LogP contribution in [-0.4, -0.2) is 56.2 Å². The number of para-hydroxylation sites is 1. The molecule has 5 rings (SSSR count). The Hall–Kier alpha value is -4.64. The molecule has 1 aliphatic rings. The van der Waals surface area contributed by atoms with Gasteiger partial charge in [0.2, 0.25) is 0 Å². The van der Waals surface area contributed by atoms with Crippen LogP contribution < -0.4 is 4.31 Å². The molecule has 1 unspecified atom stereocenters. The average molecular weight is 534 g/mol. The number of ketones is 1. The van der Waals surface area contributed by atoms with E-state index in [-0.39, 0.29) is 24.0 Å². The predicted molar refractivity (Wildman–Crippen MR) is 141 cm³/mol. The van der Waals surface area contributed by atoms with Crippen LogP contribution in [0.2, 0.25) is 0 Å². The summed E-state index contributed by atoms with van der Waals surface area (Å²) in [6.45, 7) is 0.688. The smallest absolute Gasteiger partial charge is 0.414 e. The van der Waals surface area contributed by atoms with Crippen molar-refractivity contribution in [3.05, 3.63) is 95.8 Å². The third kappa shape index (κ3) is 6.19. The van der Waals surface area contributed by atoms with Crippen molar-refractivity contribution < 1.29 is 34.1 Å². The van der Waals surface area contributed by atoms with Gasteiger partial charge in [-0.05, 0) is 35.7 Å². The van der Waals surface area contributed by atoms with Crippen molar-refractivity contribution in [2.45, 2.75) is 6.61 Å². The zero-order chi connectivity index (χ0) is 27.1. The Balaban J connectivity index is 0.000000505. The summed E-state index contributed by atoms with van der Waals surface area (Å²) in [5.41, 5.74) is 2.26. The first-order valence-electron chi connectivity index (χ1n) is 11.5. The number of aromatic nitrogens is 2. The van der Waals surface area contributed by atoms with Gasteiger partial charge in [0.25, 0.3) is 0 Å². The minimum absolute atomic E-state index is 0.0555. The van der Waals surface area contributed by atoms with E-state index in [9.17, 15) is 9.59 Å². The number of hydrogen-bond acceptors (Lipinski definition) is 8. The highest BCUT2D eigenvalue weighted by Gasteiger charge is 2.35. The van der Waals surface area contributed by atoms with Gasteiger partial charge in [0.15, 0.2) is 5.78 Å². The molecule has 0 saturated carbocycles. The third-order valence-electron chi connectivity index (χ3n) is 5.65. The van der Waals surface area contributed by atoms with Gasteiger partial charge in [-0.25, -0.2) is 19.4 Å². The van der Waals surface area contributed by atoms with E-state index in [1.807, 2.05) is 77.1 Å². The summed E-state index contributed by atoms with van der Waals surface area (Å²) in [6, 6.07) is 22.7. The van der Waals surface area contributed by atoms with E-state index in [0.717, 1.165) is 22.3 Å². The molecule has 194 valence electrons. The Morgan fingerprint density at radius 3 is 2.32 bits per heavy atom. The molecule has 1 aliphatic heterocycles. The van der Waals surface area contributed by atoms with Crippen LogP contribution in [0.3, 0.4) is 0 Å². The SMILES string of the molecule is O=C(O)C(=O)O.O=C(OCc1ccccc1)c1[nH]c2ccccc2c1C(=O)C1CSN(c2ccccn2)C1. The maximum Gasteiger partial charge on any atom is 0.414 e. The maximum absolute atomic E-state index is 13.6. The average Bonchev–Trinajstić information content (AvgIpc) is 3.59. The predicted octanol–water partition coefficient (Wildman–Crippen LogP) is 4.04. The standard InChI is InChI=1S/C25H21N3O3S.C2H2O4/c29-24(18-14-28(32-16-18)21-12-6-7-13-26-21)22-19-10-4-5-11-20(19)27-23(22)25(30)31-15-17-8-2-1-3-9-17;3-1(4)2(5)6/h1-13,18,27H,14-16H2;(H,3,4)(H,5,6). The van der Waals surface area contributed by atoms with Crippen LogP contribution in [0.5, 0.6) is 0 Å². The zero-order valence-electron chi connectivity index (χ0n) is 19.9. The van der Waals surface area contributed by atoms with Crippen LogP contribution in [0.25, 0.3) is 10.9 Å². The number of aliphatic carboxylic acids is 2. The van der Waals surface area contributed by atoms with Crippen molar-refractivity contribution in [2.75, 3.05) is 16.6 Å². The number of carbonyl (C=O) groups excluding carboxylic acids is 2. The summed E-state index contributed by atoms with van der Waals surface area (Å²) in [5, 5.41) is 15.5. The van der Waals surface area contributed by atoms with Crippen LogP contribution in [0, 0.1) is 5.92 Å². The molecule has 2 aromatic carbocycles. The van der Waals surface area contributed by atoms with E-state index in [4.69, 9.17) is 24.5 Å². The highest BCUT2D eigenvalue weighted by molar-refractivity contribution is 8.00. The Morgan fingerprint density at radius 2 is 1.63 bits per heavy atom. The quantitative estimate of drug-likeness (QED) is 0.143. The second-order valence-electron chi connectivity index (χ2n) is 8.20. The van der Waals surface area contributed by atoms with Gasteiger partial charge in [0.05, 0.1) is 11.5 Å². The molecule has 1 saturated heterocycles. The number of rotatable bonds is 6. The molecular formula is C27H23N3O7S. The second-order valence-corrected chi connectivity index (χ2v) is 9.23. The number of nitrogens with zero attached hydrogens (tertiary/aromatic N) is 2. The number of aromatic amines is 1. The highest BCUT2D eigenvalue weighted by atomic mass is 32.2. The van der Waals surface area contributed by atoms with Gasteiger partial charge in [-0.3, -0.25) is 9.10 Å². The van der Waals surface area contributed by atoms with Gasteiger partial charge in [0.1, 0.15) is 18.1 Å². The summed E-state index contributed by atoms with van der Waals surface area (Å²) in [6.07, 6.45) is 1.74.